The highest BCUT2D eigenvalue weighted by Crippen LogP contribution is 2.30. The van der Waals surface area contributed by atoms with Gasteiger partial charge in [-0.3, -0.25) is 4.79 Å². The van der Waals surface area contributed by atoms with Crippen molar-refractivity contribution in [3.8, 4) is 17.1 Å². The number of carbonyl (C=O) groups is 1. The molecule has 5 nitrogen and oxygen atoms in total. The smallest absolute Gasteiger partial charge is 0.248 e. The SMILES string of the molecule is COc1cc(Br)c2nc(-c3ccc(C(N)=O)cc3)[nH]c2c1. The van der Waals surface area contributed by atoms with E-state index in [1.807, 2.05) is 24.3 Å². The Bertz CT molecular complexity index is 825. The molecule has 0 bridgehead atoms. The lowest BCUT2D eigenvalue weighted by molar-refractivity contribution is 0.100. The number of rotatable bonds is 3. The summed E-state index contributed by atoms with van der Waals surface area (Å²) in [6.07, 6.45) is 0. The molecule has 0 spiro atoms. The summed E-state index contributed by atoms with van der Waals surface area (Å²) in [6, 6.07) is 10.7. The third-order valence-corrected chi connectivity index (χ3v) is 3.80. The van der Waals surface area contributed by atoms with Gasteiger partial charge in [-0.15, -0.1) is 0 Å². The van der Waals surface area contributed by atoms with Gasteiger partial charge in [0.25, 0.3) is 0 Å². The third kappa shape index (κ3) is 2.50. The van der Waals surface area contributed by atoms with E-state index < -0.39 is 5.91 Å². The van der Waals surface area contributed by atoms with Crippen LogP contribution in [0.2, 0.25) is 0 Å². The van der Waals surface area contributed by atoms with E-state index in [2.05, 4.69) is 25.9 Å². The average molecular weight is 346 g/mol. The molecule has 0 aliphatic heterocycles. The number of aromatic amines is 1. The molecule has 0 atom stereocenters. The first-order valence-electron chi connectivity index (χ1n) is 6.22. The molecular weight excluding hydrogens is 334 g/mol. The molecule has 0 fully saturated rings. The number of hydrogen-bond donors (Lipinski definition) is 2. The average Bonchev–Trinajstić information content (AvgIpc) is 2.91. The van der Waals surface area contributed by atoms with Gasteiger partial charge in [-0.25, -0.2) is 4.98 Å². The van der Waals surface area contributed by atoms with Crippen LogP contribution in [0.4, 0.5) is 0 Å². The number of nitrogens with one attached hydrogen (secondary N) is 1. The number of H-pyrrole nitrogens is 1. The zero-order valence-electron chi connectivity index (χ0n) is 11.2. The molecule has 0 aliphatic rings. The first-order chi connectivity index (χ1) is 10.1. The van der Waals surface area contributed by atoms with Crippen molar-refractivity contribution in [2.75, 3.05) is 7.11 Å². The molecule has 3 rings (SSSR count). The number of primary amides is 1. The largest absolute Gasteiger partial charge is 0.497 e. The molecule has 3 N–H and O–H groups in total. The summed E-state index contributed by atoms with van der Waals surface area (Å²) >= 11 is 3.48. The Morgan fingerprint density at radius 3 is 2.62 bits per heavy atom. The van der Waals surface area contributed by atoms with Gasteiger partial charge >= 0.3 is 0 Å². The molecule has 0 unspecified atom stereocenters. The van der Waals surface area contributed by atoms with E-state index in [-0.39, 0.29) is 0 Å². The standard InChI is InChI=1S/C15H12BrN3O2/c1-21-10-6-11(16)13-12(7-10)18-15(19-13)9-4-2-8(3-5-9)14(17)20/h2-7H,1H3,(H2,17,20)(H,18,19). The van der Waals surface area contributed by atoms with E-state index in [0.29, 0.717) is 5.56 Å². The van der Waals surface area contributed by atoms with Crippen LogP contribution in [0.25, 0.3) is 22.4 Å². The summed E-state index contributed by atoms with van der Waals surface area (Å²) in [5.41, 5.74) is 8.27. The van der Waals surface area contributed by atoms with Gasteiger partial charge in [0.15, 0.2) is 0 Å². The fraction of sp³-hybridized carbons (Fsp3) is 0.0667. The predicted octanol–water partition coefficient (Wildman–Crippen LogP) is 3.10. The van der Waals surface area contributed by atoms with Crippen LogP contribution in [-0.2, 0) is 0 Å². The highest BCUT2D eigenvalue weighted by Gasteiger charge is 2.10. The van der Waals surface area contributed by atoms with Crippen molar-refractivity contribution in [2.24, 2.45) is 5.73 Å². The maximum Gasteiger partial charge on any atom is 0.248 e. The van der Waals surface area contributed by atoms with Crippen LogP contribution in [0.15, 0.2) is 40.9 Å². The molecule has 21 heavy (non-hydrogen) atoms. The summed E-state index contributed by atoms with van der Waals surface area (Å²) in [6.45, 7) is 0. The first kappa shape index (κ1) is 13.6. The van der Waals surface area contributed by atoms with Crippen molar-refractivity contribution < 1.29 is 9.53 Å². The predicted molar refractivity (Wildman–Crippen MR) is 84.3 cm³/mol. The van der Waals surface area contributed by atoms with Crippen LogP contribution in [0, 0.1) is 0 Å². The number of nitrogens with two attached hydrogens (primary N) is 1. The molecule has 0 aliphatic carbocycles. The maximum atomic E-state index is 11.1. The molecule has 3 aromatic rings. The zero-order chi connectivity index (χ0) is 15.0. The van der Waals surface area contributed by atoms with Gasteiger partial charge in [0, 0.05) is 21.7 Å². The Hall–Kier alpha value is -2.34. The molecule has 1 amide bonds. The highest BCUT2D eigenvalue weighted by molar-refractivity contribution is 9.10. The van der Waals surface area contributed by atoms with E-state index >= 15 is 0 Å². The molecule has 6 heteroatoms. The van der Waals surface area contributed by atoms with Crippen molar-refractivity contribution in [1.29, 1.82) is 0 Å². The Morgan fingerprint density at radius 1 is 1.29 bits per heavy atom. The molecule has 106 valence electrons. The Morgan fingerprint density at radius 2 is 2.00 bits per heavy atom. The molecule has 0 saturated carbocycles. The molecule has 2 aromatic carbocycles. The Kier molecular flexibility index (Phi) is 3.39. The second-order valence-electron chi connectivity index (χ2n) is 4.53. The Labute approximate surface area is 129 Å². The van der Waals surface area contributed by atoms with Gasteiger partial charge in [-0.2, -0.15) is 0 Å². The number of benzene rings is 2. The number of methoxy groups -OCH3 is 1. The zero-order valence-corrected chi connectivity index (χ0v) is 12.8. The van der Waals surface area contributed by atoms with Crippen LogP contribution in [-0.4, -0.2) is 23.0 Å². The van der Waals surface area contributed by atoms with Gasteiger partial charge in [0.05, 0.1) is 12.6 Å². The second-order valence-corrected chi connectivity index (χ2v) is 5.39. The lowest BCUT2D eigenvalue weighted by atomic mass is 10.1. The van der Waals surface area contributed by atoms with Gasteiger partial charge in [0.2, 0.25) is 5.91 Å². The number of imidazole rings is 1. The minimum atomic E-state index is -0.446. The number of aromatic nitrogens is 2. The fourth-order valence-corrected chi connectivity index (χ4v) is 2.63. The topological polar surface area (TPSA) is 81.0 Å². The lowest BCUT2D eigenvalue weighted by Gasteiger charge is -1.99. The number of nitrogens with zero attached hydrogens (tertiary/aromatic N) is 1. The van der Waals surface area contributed by atoms with E-state index in [4.69, 9.17) is 10.5 Å². The summed E-state index contributed by atoms with van der Waals surface area (Å²) in [5.74, 6) is 1.02. The van der Waals surface area contributed by atoms with Crippen molar-refractivity contribution >= 4 is 32.9 Å². The summed E-state index contributed by atoms with van der Waals surface area (Å²) in [5, 5.41) is 0. The van der Waals surface area contributed by atoms with E-state index in [9.17, 15) is 4.79 Å². The number of carbonyl (C=O) groups excluding carboxylic acids is 1. The minimum absolute atomic E-state index is 0.446. The Balaban J connectivity index is 2.08. The number of fused-ring (bicyclic) bond motifs is 1. The van der Waals surface area contributed by atoms with Crippen LogP contribution in [0.1, 0.15) is 10.4 Å². The molecule has 0 radical (unpaired) electrons. The van der Waals surface area contributed by atoms with Crippen molar-refractivity contribution in [3.05, 3.63) is 46.4 Å². The minimum Gasteiger partial charge on any atom is -0.497 e. The summed E-state index contributed by atoms with van der Waals surface area (Å²) < 4.78 is 6.09. The van der Waals surface area contributed by atoms with Crippen LogP contribution >= 0.6 is 15.9 Å². The monoisotopic (exact) mass is 345 g/mol. The van der Waals surface area contributed by atoms with Gasteiger partial charge < -0.3 is 15.5 Å². The van der Waals surface area contributed by atoms with E-state index in [0.717, 1.165) is 32.6 Å². The molecule has 1 heterocycles. The maximum absolute atomic E-state index is 11.1. The number of halogens is 1. The van der Waals surface area contributed by atoms with Crippen molar-refractivity contribution in [2.45, 2.75) is 0 Å². The number of amides is 1. The van der Waals surface area contributed by atoms with Crippen LogP contribution < -0.4 is 10.5 Å². The summed E-state index contributed by atoms with van der Waals surface area (Å²) in [4.78, 5) is 18.9. The van der Waals surface area contributed by atoms with E-state index in [1.54, 1.807) is 19.2 Å². The third-order valence-electron chi connectivity index (χ3n) is 3.19. The molecule has 1 aromatic heterocycles. The van der Waals surface area contributed by atoms with Crippen LogP contribution in [0.5, 0.6) is 5.75 Å². The van der Waals surface area contributed by atoms with Gasteiger partial charge in [-0.05, 0) is 34.1 Å². The second kappa shape index (κ2) is 5.21. The number of hydrogen-bond acceptors (Lipinski definition) is 3. The fourth-order valence-electron chi connectivity index (χ4n) is 2.10. The van der Waals surface area contributed by atoms with E-state index in [1.165, 1.54) is 0 Å². The molecule has 0 saturated heterocycles. The number of ether oxygens (including phenoxy) is 1. The summed E-state index contributed by atoms with van der Waals surface area (Å²) in [7, 11) is 1.62. The van der Waals surface area contributed by atoms with Gasteiger partial charge in [0.1, 0.15) is 17.1 Å². The first-order valence-corrected chi connectivity index (χ1v) is 7.01. The highest BCUT2D eigenvalue weighted by atomic mass is 79.9. The van der Waals surface area contributed by atoms with Crippen molar-refractivity contribution in [3.63, 3.8) is 0 Å². The lowest BCUT2D eigenvalue weighted by Crippen LogP contribution is -2.10. The van der Waals surface area contributed by atoms with Crippen molar-refractivity contribution in [1.82, 2.24) is 9.97 Å². The van der Waals surface area contributed by atoms with Gasteiger partial charge in [-0.1, -0.05) is 12.1 Å². The van der Waals surface area contributed by atoms with Crippen LogP contribution in [0.3, 0.4) is 0 Å². The normalized spacial score (nSPS) is 10.8. The quantitative estimate of drug-likeness (QED) is 0.765. The molecular formula is C15H12BrN3O2.